The van der Waals surface area contributed by atoms with Crippen LogP contribution in [0.15, 0.2) is 12.1 Å². The van der Waals surface area contributed by atoms with Crippen molar-refractivity contribution in [2.45, 2.75) is 45.1 Å². The van der Waals surface area contributed by atoms with Gasteiger partial charge in [0, 0.05) is 5.41 Å². The van der Waals surface area contributed by atoms with E-state index < -0.39 is 21.4 Å². The molecule has 8 heteroatoms. The molecule has 1 aliphatic rings. The summed E-state index contributed by atoms with van der Waals surface area (Å²) in [5.41, 5.74) is -0.0199. The van der Waals surface area contributed by atoms with Crippen LogP contribution in [-0.2, 0) is 15.3 Å². The van der Waals surface area contributed by atoms with Gasteiger partial charge in [0.05, 0.1) is 22.7 Å². The van der Waals surface area contributed by atoms with Gasteiger partial charge in [0.25, 0.3) is 0 Å². The van der Waals surface area contributed by atoms with E-state index in [1.807, 2.05) is 26.8 Å². The number of sulfone groups is 1. The van der Waals surface area contributed by atoms with Gasteiger partial charge in [-0.1, -0.05) is 20.8 Å². The van der Waals surface area contributed by atoms with E-state index in [9.17, 15) is 13.2 Å². The fraction of sp³-hybridized carbons (Fsp3) is 0.643. The molecule has 1 aliphatic heterocycles. The van der Waals surface area contributed by atoms with Crippen LogP contribution in [0.5, 0.6) is 0 Å². The SMILES string of the molecule is CC1(NC(=O)Nc2ccc(C(C)(C)C)nn2)CCS(=O)(=O)C1. The second kappa shape index (κ2) is 5.49. The number of carbonyl (C=O) groups excluding carboxylic acids is 1. The normalized spacial score (nSPS) is 24.0. The molecule has 0 spiro atoms. The van der Waals surface area contributed by atoms with E-state index in [1.165, 1.54) is 0 Å². The number of aromatic nitrogens is 2. The summed E-state index contributed by atoms with van der Waals surface area (Å²) < 4.78 is 23.0. The number of urea groups is 1. The maximum absolute atomic E-state index is 12.0. The van der Waals surface area contributed by atoms with E-state index in [-0.39, 0.29) is 16.9 Å². The minimum Gasteiger partial charge on any atom is -0.332 e. The largest absolute Gasteiger partial charge is 0.332 e. The number of hydrogen-bond donors (Lipinski definition) is 2. The fourth-order valence-electron chi connectivity index (χ4n) is 2.33. The van der Waals surface area contributed by atoms with Crippen molar-refractivity contribution in [3.8, 4) is 0 Å². The van der Waals surface area contributed by atoms with Crippen LogP contribution in [-0.4, -0.2) is 41.7 Å². The Labute approximate surface area is 130 Å². The molecule has 1 aromatic heterocycles. The Morgan fingerprint density at radius 1 is 1.27 bits per heavy atom. The second-order valence-electron chi connectivity index (χ2n) is 7.04. The second-order valence-corrected chi connectivity index (χ2v) is 9.22. The first-order valence-electron chi connectivity index (χ1n) is 7.13. The molecule has 1 unspecified atom stereocenters. The molecule has 2 heterocycles. The number of nitrogens with zero attached hydrogens (tertiary/aromatic N) is 2. The fourth-order valence-corrected chi connectivity index (χ4v) is 4.42. The summed E-state index contributed by atoms with van der Waals surface area (Å²) in [6.07, 6.45) is 0.414. The van der Waals surface area contributed by atoms with Gasteiger partial charge in [-0.15, -0.1) is 5.10 Å². The Balaban J connectivity index is 1.98. The van der Waals surface area contributed by atoms with Gasteiger partial charge in [0.2, 0.25) is 0 Å². The third-order valence-electron chi connectivity index (χ3n) is 3.59. The first kappa shape index (κ1) is 16.7. The molecule has 2 rings (SSSR count). The third kappa shape index (κ3) is 4.16. The first-order chi connectivity index (χ1) is 9.99. The van der Waals surface area contributed by atoms with E-state index in [0.29, 0.717) is 12.2 Å². The zero-order valence-electron chi connectivity index (χ0n) is 13.3. The van der Waals surface area contributed by atoms with E-state index in [0.717, 1.165) is 5.69 Å². The summed E-state index contributed by atoms with van der Waals surface area (Å²) in [7, 11) is -3.06. The van der Waals surface area contributed by atoms with Gasteiger partial charge in [0.1, 0.15) is 0 Å². The molecular weight excluding hydrogens is 304 g/mol. The number of rotatable bonds is 2. The van der Waals surface area contributed by atoms with Crippen LogP contribution < -0.4 is 10.6 Å². The maximum atomic E-state index is 12.0. The standard InChI is InChI=1S/C14H22N4O3S/c1-13(2,3)10-5-6-11(18-17-10)15-12(19)16-14(4)7-8-22(20,21)9-14/h5-6H,7-9H2,1-4H3,(H2,15,16,18,19). The van der Waals surface area contributed by atoms with Gasteiger partial charge >= 0.3 is 6.03 Å². The van der Waals surface area contributed by atoms with Gasteiger partial charge in [-0.05, 0) is 25.5 Å². The number of hydrogen-bond acceptors (Lipinski definition) is 5. The molecule has 0 aromatic carbocycles. The van der Waals surface area contributed by atoms with Crippen molar-refractivity contribution in [3.63, 3.8) is 0 Å². The van der Waals surface area contributed by atoms with Crippen molar-refractivity contribution in [3.05, 3.63) is 17.8 Å². The van der Waals surface area contributed by atoms with Crippen LogP contribution in [0.1, 0.15) is 39.8 Å². The van der Waals surface area contributed by atoms with Crippen molar-refractivity contribution in [1.82, 2.24) is 15.5 Å². The molecule has 1 saturated heterocycles. The van der Waals surface area contributed by atoms with Gasteiger partial charge < -0.3 is 5.32 Å². The van der Waals surface area contributed by atoms with Gasteiger partial charge in [-0.2, -0.15) is 5.10 Å². The highest BCUT2D eigenvalue weighted by Crippen LogP contribution is 2.23. The maximum Gasteiger partial charge on any atom is 0.320 e. The first-order valence-corrected chi connectivity index (χ1v) is 8.95. The molecule has 0 saturated carbocycles. The lowest BCUT2D eigenvalue weighted by Gasteiger charge is -2.23. The monoisotopic (exact) mass is 326 g/mol. The molecular formula is C14H22N4O3S. The van der Waals surface area contributed by atoms with Gasteiger partial charge in [-0.25, -0.2) is 13.2 Å². The van der Waals surface area contributed by atoms with Crippen LogP contribution >= 0.6 is 0 Å². The minimum absolute atomic E-state index is 0.0396. The van der Waals surface area contributed by atoms with Gasteiger partial charge in [0.15, 0.2) is 15.7 Å². The molecule has 0 bridgehead atoms. The average Bonchev–Trinajstić information content (AvgIpc) is 2.62. The van der Waals surface area contributed by atoms with Crippen molar-refractivity contribution in [2.24, 2.45) is 0 Å². The molecule has 2 amide bonds. The van der Waals surface area contributed by atoms with Crippen molar-refractivity contribution >= 4 is 21.7 Å². The Morgan fingerprint density at radius 2 is 1.95 bits per heavy atom. The van der Waals surface area contributed by atoms with Crippen LogP contribution in [0.2, 0.25) is 0 Å². The molecule has 22 heavy (non-hydrogen) atoms. The quantitative estimate of drug-likeness (QED) is 0.857. The van der Waals surface area contributed by atoms with Gasteiger partial charge in [-0.3, -0.25) is 5.32 Å². The van der Waals surface area contributed by atoms with E-state index in [1.54, 1.807) is 13.0 Å². The smallest absolute Gasteiger partial charge is 0.320 e. The Hall–Kier alpha value is -1.70. The summed E-state index contributed by atoms with van der Waals surface area (Å²) in [4.78, 5) is 12.0. The van der Waals surface area contributed by atoms with Crippen molar-refractivity contribution < 1.29 is 13.2 Å². The topological polar surface area (TPSA) is 101 Å². The summed E-state index contributed by atoms with van der Waals surface area (Å²) in [6.45, 7) is 7.81. The molecule has 1 atom stereocenters. The van der Waals surface area contributed by atoms with E-state index in [2.05, 4.69) is 20.8 Å². The minimum atomic E-state index is -3.06. The highest BCUT2D eigenvalue weighted by molar-refractivity contribution is 7.91. The lowest BCUT2D eigenvalue weighted by molar-refractivity contribution is 0.242. The molecule has 2 N–H and O–H groups in total. The number of anilines is 1. The summed E-state index contributed by atoms with van der Waals surface area (Å²) in [6, 6.07) is 3.02. The van der Waals surface area contributed by atoms with Crippen LogP contribution in [0, 0.1) is 0 Å². The molecule has 1 fully saturated rings. The molecule has 122 valence electrons. The van der Waals surface area contributed by atoms with E-state index in [4.69, 9.17) is 0 Å². The van der Waals surface area contributed by atoms with Crippen LogP contribution in [0.4, 0.5) is 10.6 Å². The zero-order valence-corrected chi connectivity index (χ0v) is 14.1. The molecule has 0 radical (unpaired) electrons. The molecule has 1 aromatic rings. The zero-order chi connectivity index (χ0) is 16.6. The molecule has 7 nitrogen and oxygen atoms in total. The molecule has 0 aliphatic carbocycles. The Morgan fingerprint density at radius 3 is 2.41 bits per heavy atom. The summed E-state index contributed by atoms with van der Waals surface area (Å²) in [5, 5.41) is 13.3. The number of nitrogens with one attached hydrogen (secondary N) is 2. The average molecular weight is 326 g/mol. The number of carbonyl (C=O) groups is 1. The highest BCUT2D eigenvalue weighted by atomic mass is 32.2. The van der Waals surface area contributed by atoms with Crippen molar-refractivity contribution in [1.29, 1.82) is 0 Å². The van der Waals surface area contributed by atoms with Crippen LogP contribution in [0.3, 0.4) is 0 Å². The Kier molecular flexibility index (Phi) is 4.16. The van der Waals surface area contributed by atoms with Crippen molar-refractivity contribution in [2.75, 3.05) is 16.8 Å². The lowest BCUT2D eigenvalue weighted by atomic mass is 9.92. The lowest BCUT2D eigenvalue weighted by Crippen LogP contribution is -2.48. The van der Waals surface area contributed by atoms with E-state index >= 15 is 0 Å². The predicted molar refractivity (Wildman–Crippen MR) is 84.6 cm³/mol. The number of amides is 2. The summed E-state index contributed by atoms with van der Waals surface area (Å²) in [5.74, 6) is 0.390. The third-order valence-corrected chi connectivity index (χ3v) is 5.50. The Bertz CT molecular complexity index is 664. The highest BCUT2D eigenvalue weighted by Gasteiger charge is 2.39. The summed E-state index contributed by atoms with van der Waals surface area (Å²) >= 11 is 0. The predicted octanol–water partition coefficient (Wildman–Crippen LogP) is 1.47. The van der Waals surface area contributed by atoms with Crippen LogP contribution in [0.25, 0.3) is 0 Å².